The van der Waals surface area contributed by atoms with Crippen molar-refractivity contribution in [2.75, 3.05) is 13.7 Å². The molecule has 1 rings (SSSR count). The summed E-state index contributed by atoms with van der Waals surface area (Å²) in [5.74, 6) is 0.326. The first-order valence-corrected chi connectivity index (χ1v) is 3.26. The van der Waals surface area contributed by atoms with Crippen LogP contribution in [0.5, 0.6) is 11.5 Å². The van der Waals surface area contributed by atoms with Crippen molar-refractivity contribution in [3.8, 4) is 11.5 Å². The van der Waals surface area contributed by atoms with E-state index in [2.05, 4.69) is 15.5 Å². The summed E-state index contributed by atoms with van der Waals surface area (Å²) in [5.41, 5.74) is 0. The fourth-order valence-corrected chi connectivity index (χ4v) is 0.750. The van der Waals surface area contributed by atoms with Gasteiger partial charge >= 0.3 is 0 Å². The van der Waals surface area contributed by atoms with Crippen molar-refractivity contribution >= 4 is 0 Å². The lowest BCUT2D eigenvalue weighted by atomic mass is 10.3. The van der Waals surface area contributed by atoms with Crippen LogP contribution in [-0.2, 0) is 0 Å². The molecule has 0 amide bonds. The molecule has 0 heterocycles. The Bertz CT molecular complexity index is 215. The summed E-state index contributed by atoms with van der Waals surface area (Å²) in [6.45, 7) is -1.94. The molecule has 0 spiro atoms. The van der Waals surface area contributed by atoms with Gasteiger partial charge in [0, 0.05) is 0 Å². The molecule has 0 aliphatic rings. The summed E-state index contributed by atoms with van der Waals surface area (Å²) in [4.78, 5) is 0. The van der Waals surface area contributed by atoms with Crippen LogP contribution in [0.3, 0.4) is 0 Å². The third-order valence-corrected chi connectivity index (χ3v) is 1.21. The van der Waals surface area contributed by atoms with Gasteiger partial charge in [0.2, 0.25) is 13.7 Å². The highest BCUT2D eigenvalue weighted by molar-refractivity contribution is 5.38. The van der Waals surface area contributed by atoms with Gasteiger partial charge in [-0.25, -0.2) is 8.78 Å². The van der Waals surface area contributed by atoms with Crippen molar-refractivity contribution < 1.29 is 18.3 Å². The molecule has 0 unspecified atom stereocenters. The summed E-state index contributed by atoms with van der Waals surface area (Å²) in [6.07, 6.45) is 0. The lowest BCUT2D eigenvalue weighted by molar-refractivity contribution is 0.158. The molecule has 1 aromatic carbocycles. The van der Waals surface area contributed by atoms with Crippen LogP contribution in [0.1, 0.15) is 0 Å². The van der Waals surface area contributed by atoms with E-state index in [1.54, 1.807) is 0 Å². The number of ether oxygens (including phenoxy) is 2. The van der Waals surface area contributed by atoms with E-state index in [0.29, 0.717) is 0 Å². The van der Waals surface area contributed by atoms with E-state index in [9.17, 15) is 8.78 Å². The van der Waals surface area contributed by atoms with Crippen molar-refractivity contribution in [3.05, 3.63) is 24.3 Å². The molecule has 0 bridgehead atoms. The third kappa shape index (κ3) is 2.08. The van der Waals surface area contributed by atoms with E-state index in [4.69, 9.17) is 0 Å². The molecule has 0 fully saturated rings. The molecular formula is C8H7F2O2. The monoisotopic (exact) mass is 173 g/mol. The minimum absolute atomic E-state index is 0.151. The Morgan fingerprint density at radius 3 is 2.50 bits per heavy atom. The van der Waals surface area contributed by atoms with Gasteiger partial charge in [-0.3, -0.25) is 0 Å². The minimum Gasteiger partial charge on any atom is -0.459 e. The molecule has 0 atom stereocenters. The molecule has 0 aliphatic carbocycles. The summed E-state index contributed by atoms with van der Waals surface area (Å²) >= 11 is 0. The second kappa shape index (κ2) is 4.54. The minimum atomic E-state index is -0.972. The Morgan fingerprint density at radius 1 is 1.17 bits per heavy atom. The molecular weight excluding hydrogens is 166 g/mol. The second-order valence-electron chi connectivity index (χ2n) is 1.88. The van der Waals surface area contributed by atoms with Crippen LogP contribution in [-0.4, -0.2) is 13.7 Å². The highest BCUT2D eigenvalue weighted by atomic mass is 19.1. The van der Waals surface area contributed by atoms with Crippen LogP contribution in [0.4, 0.5) is 8.78 Å². The maximum Gasteiger partial charge on any atom is 0.228 e. The highest BCUT2D eigenvalue weighted by Crippen LogP contribution is 2.25. The zero-order chi connectivity index (χ0) is 8.81. The standard InChI is InChI=1S/C8H7F2O2/c9-5-11-7-3-1-2-4-8(7)12-6-10/h1,3-4H,5-6H2. The van der Waals surface area contributed by atoms with Gasteiger partial charge in [-0.05, 0) is 18.2 Å². The average molecular weight is 173 g/mol. The lowest BCUT2D eigenvalue weighted by Gasteiger charge is -2.06. The van der Waals surface area contributed by atoms with Gasteiger partial charge in [-0.2, -0.15) is 0 Å². The van der Waals surface area contributed by atoms with Crippen LogP contribution < -0.4 is 9.47 Å². The second-order valence-corrected chi connectivity index (χ2v) is 1.88. The first-order valence-electron chi connectivity index (χ1n) is 3.26. The number of benzene rings is 1. The first kappa shape index (κ1) is 8.77. The first-order chi connectivity index (χ1) is 5.88. The van der Waals surface area contributed by atoms with Crippen molar-refractivity contribution in [2.24, 2.45) is 0 Å². The number of rotatable bonds is 4. The van der Waals surface area contributed by atoms with Gasteiger partial charge < -0.3 is 9.47 Å². The van der Waals surface area contributed by atoms with Crippen molar-refractivity contribution in [2.45, 2.75) is 0 Å². The fraction of sp³-hybridized carbons (Fsp3) is 0.250. The summed E-state index contributed by atoms with van der Waals surface area (Å²) in [7, 11) is 0. The number of alkyl halides is 2. The van der Waals surface area contributed by atoms with Gasteiger partial charge in [0.15, 0.2) is 11.5 Å². The molecule has 0 saturated heterocycles. The maximum atomic E-state index is 11.7. The van der Waals surface area contributed by atoms with E-state index in [1.807, 2.05) is 0 Å². The van der Waals surface area contributed by atoms with E-state index < -0.39 is 13.7 Å². The third-order valence-electron chi connectivity index (χ3n) is 1.21. The molecule has 0 aromatic heterocycles. The molecule has 65 valence electrons. The topological polar surface area (TPSA) is 18.5 Å². The van der Waals surface area contributed by atoms with Crippen LogP contribution in [0.2, 0.25) is 0 Å². The van der Waals surface area contributed by atoms with Gasteiger partial charge in [0.05, 0.1) is 0 Å². The molecule has 4 heteroatoms. The van der Waals surface area contributed by atoms with E-state index in [1.165, 1.54) is 18.2 Å². The van der Waals surface area contributed by atoms with E-state index >= 15 is 0 Å². The van der Waals surface area contributed by atoms with Gasteiger partial charge in [0.25, 0.3) is 0 Å². The summed E-state index contributed by atoms with van der Waals surface area (Å²) in [5, 5.41) is 0. The fourth-order valence-electron chi connectivity index (χ4n) is 0.750. The van der Waals surface area contributed by atoms with Crippen molar-refractivity contribution in [3.63, 3.8) is 0 Å². The van der Waals surface area contributed by atoms with Crippen molar-refractivity contribution in [1.82, 2.24) is 0 Å². The van der Waals surface area contributed by atoms with E-state index in [0.717, 1.165) is 0 Å². The number of halogens is 2. The SMILES string of the molecule is FCOc1c[c]ccc1OCF. The zero-order valence-electron chi connectivity index (χ0n) is 6.22. The normalized spacial score (nSPS) is 9.50. The lowest BCUT2D eigenvalue weighted by Crippen LogP contribution is -1.96. The Hall–Kier alpha value is -1.32. The largest absolute Gasteiger partial charge is 0.459 e. The summed E-state index contributed by atoms with van der Waals surface area (Å²) in [6, 6.07) is 7.00. The van der Waals surface area contributed by atoms with Gasteiger partial charge in [-0.1, -0.05) is 6.07 Å². The van der Waals surface area contributed by atoms with Crippen LogP contribution >= 0.6 is 0 Å². The van der Waals surface area contributed by atoms with Gasteiger partial charge in [-0.15, -0.1) is 0 Å². The van der Waals surface area contributed by atoms with Gasteiger partial charge in [0.1, 0.15) is 0 Å². The molecule has 0 N–H and O–H groups in total. The predicted octanol–water partition coefficient (Wildman–Crippen LogP) is 2.10. The highest BCUT2D eigenvalue weighted by Gasteiger charge is 2.02. The Morgan fingerprint density at radius 2 is 1.83 bits per heavy atom. The Kier molecular flexibility index (Phi) is 3.32. The van der Waals surface area contributed by atoms with Crippen LogP contribution in [0, 0.1) is 6.07 Å². The molecule has 12 heavy (non-hydrogen) atoms. The maximum absolute atomic E-state index is 11.7. The zero-order valence-corrected chi connectivity index (χ0v) is 6.22. The van der Waals surface area contributed by atoms with Crippen LogP contribution in [0.25, 0.3) is 0 Å². The average Bonchev–Trinajstić information content (AvgIpc) is 2.09. The smallest absolute Gasteiger partial charge is 0.228 e. The van der Waals surface area contributed by atoms with Crippen molar-refractivity contribution in [1.29, 1.82) is 0 Å². The van der Waals surface area contributed by atoms with E-state index in [-0.39, 0.29) is 11.5 Å². The predicted molar refractivity (Wildman–Crippen MR) is 38.5 cm³/mol. The quantitative estimate of drug-likeness (QED) is 0.694. The number of hydrogen-bond acceptors (Lipinski definition) is 2. The molecule has 1 aromatic rings. The molecule has 2 nitrogen and oxygen atoms in total. The Labute approximate surface area is 68.7 Å². The Balaban J connectivity index is 2.77. The van der Waals surface area contributed by atoms with Crippen LogP contribution in [0.15, 0.2) is 18.2 Å². The molecule has 0 saturated carbocycles. The molecule has 1 radical (unpaired) electrons. The number of hydrogen-bond donors (Lipinski definition) is 0. The summed E-state index contributed by atoms with van der Waals surface area (Å²) < 4.78 is 32.4. The molecule has 0 aliphatic heterocycles.